The van der Waals surface area contributed by atoms with E-state index in [0.29, 0.717) is 18.0 Å². The molecule has 0 saturated heterocycles. The molecule has 1 N–H and O–H groups in total. The van der Waals surface area contributed by atoms with Crippen LogP contribution in [0.5, 0.6) is 5.75 Å². The van der Waals surface area contributed by atoms with Crippen LogP contribution in [0.25, 0.3) is 0 Å². The third kappa shape index (κ3) is 3.44. The van der Waals surface area contributed by atoms with Gasteiger partial charge in [0.25, 0.3) is 0 Å². The minimum Gasteiger partial charge on any atom is -0.495 e. The second kappa shape index (κ2) is 5.86. The van der Waals surface area contributed by atoms with Crippen LogP contribution in [0, 0.1) is 0 Å². The first-order valence-electron chi connectivity index (χ1n) is 6.04. The van der Waals surface area contributed by atoms with Gasteiger partial charge in [-0.2, -0.15) is 13.2 Å². The monoisotopic (exact) mass is 281 g/mol. The summed E-state index contributed by atoms with van der Waals surface area (Å²) in [6, 6.07) is 12.8. The molecule has 0 unspecified atom stereocenters. The molecule has 2 aromatic rings. The van der Waals surface area contributed by atoms with Crippen LogP contribution >= 0.6 is 0 Å². The summed E-state index contributed by atoms with van der Waals surface area (Å²) < 4.78 is 43.2. The molecule has 20 heavy (non-hydrogen) atoms. The van der Waals surface area contributed by atoms with Crippen molar-refractivity contribution in [3.63, 3.8) is 0 Å². The number of halogens is 3. The zero-order valence-corrected chi connectivity index (χ0v) is 10.9. The molecule has 106 valence electrons. The highest BCUT2D eigenvalue weighted by Gasteiger charge is 2.31. The molecule has 0 saturated carbocycles. The highest BCUT2D eigenvalue weighted by atomic mass is 19.4. The number of nitrogens with one attached hydrogen (secondary N) is 1. The van der Waals surface area contributed by atoms with Crippen molar-refractivity contribution >= 4 is 5.69 Å². The molecule has 5 heteroatoms. The summed E-state index contributed by atoms with van der Waals surface area (Å²) in [4.78, 5) is 0. The fourth-order valence-corrected chi connectivity index (χ4v) is 1.82. The Morgan fingerprint density at radius 3 is 2.35 bits per heavy atom. The molecule has 2 rings (SSSR count). The van der Waals surface area contributed by atoms with Gasteiger partial charge in [-0.1, -0.05) is 30.3 Å². The largest absolute Gasteiger partial charge is 0.495 e. The van der Waals surface area contributed by atoms with Crippen LogP contribution in [-0.2, 0) is 12.7 Å². The van der Waals surface area contributed by atoms with Gasteiger partial charge < -0.3 is 10.1 Å². The van der Waals surface area contributed by atoms with Gasteiger partial charge in [-0.05, 0) is 23.8 Å². The fourth-order valence-electron chi connectivity index (χ4n) is 1.82. The van der Waals surface area contributed by atoms with Gasteiger partial charge in [-0.3, -0.25) is 0 Å². The molecule has 0 atom stereocenters. The van der Waals surface area contributed by atoms with E-state index in [1.807, 2.05) is 30.3 Å². The smallest absolute Gasteiger partial charge is 0.416 e. The Morgan fingerprint density at radius 2 is 1.75 bits per heavy atom. The molecule has 2 nitrogen and oxygen atoms in total. The van der Waals surface area contributed by atoms with Crippen molar-refractivity contribution in [3.8, 4) is 5.75 Å². The van der Waals surface area contributed by atoms with Crippen LogP contribution in [0.4, 0.5) is 18.9 Å². The van der Waals surface area contributed by atoms with Crippen molar-refractivity contribution < 1.29 is 17.9 Å². The van der Waals surface area contributed by atoms with Crippen molar-refractivity contribution in [2.24, 2.45) is 0 Å². The third-order valence-electron chi connectivity index (χ3n) is 2.85. The van der Waals surface area contributed by atoms with Crippen molar-refractivity contribution in [1.82, 2.24) is 0 Å². The lowest BCUT2D eigenvalue weighted by atomic mass is 10.1. The standard InChI is InChI=1S/C15H14F3NO/c1-20-14-8-7-12(15(16,17)18)9-13(14)19-10-11-5-3-2-4-6-11/h2-9,19H,10H2,1H3. The minimum atomic E-state index is -4.37. The zero-order valence-electron chi connectivity index (χ0n) is 10.9. The highest BCUT2D eigenvalue weighted by molar-refractivity contribution is 5.58. The number of methoxy groups -OCH3 is 1. The topological polar surface area (TPSA) is 21.3 Å². The van der Waals surface area contributed by atoms with E-state index in [1.165, 1.54) is 13.2 Å². The predicted octanol–water partition coefficient (Wildman–Crippen LogP) is 4.33. The fraction of sp³-hybridized carbons (Fsp3) is 0.200. The molecule has 0 fully saturated rings. The van der Waals surface area contributed by atoms with Gasteiger partial charge >= 0.3 is 6.18 Å². The molecule has 0 heterocycles. The lowest BCUT2D eigenvalue weighted by Crippen LogP contribution is -2.07. The maximum Gasteiger partial charge on any atom is 0.416 e. The van der Waals surface area contributed by atoms with Gasteiger partial charge in [-0.15, -0.1) is 0 Å². The third-order valence-corrected chi connectivity index (χ3v) is 2.85. The van der Waals surface area contributed by atoms with E-state index in [0.717, 1.165) is 17.7 Å². The normalized spacial score (nSPS) is 11.2. The van der Waals surface area contributed by atoms with E-state index in [9.17, 15) is 13.2 Å². The van der Waals surface area contributed by atoms with Crippen LogP contribution in [0.2, 0.25) is 0 Å². The van der Waals surface area contributed by atoms with Crippen LogP contribution < -0.4 is 10.1 Å². The van der Waals surface area contributed by atoms with Gasteiger partial charge in [0.05, 0.1) is 18.4 Å². The van der Waals surface area contributed by atoms with Gasteiger partial charge in [0, 0.05) is 6.54 Å². The van der Waals surface area contributed by atoms with Gasteiger partial charge in [0.1, 0.15) is 5.75 Å². The molecule has 0 amide bonds. The SMILES string of the molecule is COc1ccc(C(F)(F)F)cc1NCc1ccccc1. The number of hydrogen-bond donors (Lipinski definition) is 1. The Balaban J connectivity index is 2.21. The molecule has 0 spiro atoms. The number of anilines is 1. The number of rotatable bonds is 4. The van der Waals surface area contributed by atoms with Gasteiger partial charge in [0.2, 0.25) is 0 Å². The summed E-state index contributed by atoms with van der Waals surface area (Å²) in [6.07, 6.45) is -4.37. The van der Waals surface area contributed by atoms with E-state index in [1.54, 1.807) is 0 Å². The molecular formula is C15H14F3NO. The van der Waals surface area contributed by atoms with Crippen molar-refractivity contribution in [2.75, 3.05) is 12.4 Å². The van der Waals surface area contributed by atoms with Crippen molar-refractivity contribution in [2.45, 2.75) is 12.7 Å². The summed E-state index contributed by atoms with van der Waals surface area (Å²) in [7, 11) is 1.43. The van der Waals surface area contributed by atoms with Crippen LogP contribution in [0.15, 0.2) is 48.5 Å². The molecule has 0 radical (unpaired) electrons. The lowest BCUT2D eigenvalue weighted by Gasteiger charge is -2.14. The van der Waals surface area contributed by atoms with E-state index in [2.05, 4.69) is 5.32 Å². The Kier molecular flexibility index (Phi) is 4.17. The average Bonchev–Trinajstić information content (AvgIpc) is 2.45. The minimum absolute atomic E-state index is 0.325. The molecular weight excluding hydrogens is 267 g/mol. The van der Waals surface area contributed by atoms with Crippen LogP contribution in [0.1, 0.15) is 11.1 Å². The summed E-state index contributed by atoms with van der Waals surface area (Å²) in [5.74, 6) is 0.383. The predicted molar refractivity (Wildman–Crippen MR) is 71.8 cm³/mol. The van der Waals surface area contributed by atoms with Gasteiger partial charge in [-0.25, -0.2) is 0 Å². The molecule has 0 aliphatic heterocycles. The molecule has 0 bridgehead atoms. The lowest BCUT2D eigenvalue weighted by molar-refractivity contribution is -0.137. The summed E-state index contributed by atoms with van der Waals surface area (Å²) in [5, 5.41) is 2.97. The first kappa shape index (κ1) is 14.2. The number of benzene rings is 2. The van der Waals surface area contributed by atoms with Crippen molar-refractivity contribution in [1.29, 1.82) is 0 Å². The molecule has 2 aromatic carbocycles. The average molecular weight is 281 g/mol. The van der Waals surface area contributed by atoms with E-state index in [4.69, 9.17) is 4.74 Å². The van der Waals surface area contributed by atoms with Crippen molar-refractivity contribution in [3.05, 3.63) is 59.7 Å². The Bertz CT molecular complexity index is 567. The highest BCUT2D eigenvalue weighted by Crippen LogP contribution is 2.35. The first-order valence-corrected chi connectivity index (χ1v) is 6.04. The number of hydrogen-bond acceptors (Lipinski definition) is 2. The first-order chi connectivity index (χ1) is 9.50. The maximum atomic E-state index is 12.7. The Hall–Kier alpha value is -2.17. The number of ether oxygens (including phenoxy) is 1. The summed E-state index contributed by atoms with van der Waals surface area (Å²) in [5.41, 5.74) is 0.604. The Morgan fingerprint density at radius 1 is 1.05 bits per heavy atom. The quantitative estimate of drug-likeness (QED) is 0.900. The van der Waals surface area contributed by atoms with E-state index in [-0.39, 0.29) is 0 Å². The Labute approximate surface area is 115 Å². The number of alkyl halides is 3. The molecule has 0 aromatic heterocycles. The molecule has 0 aliphatic rings. The van der Waals surface area contributed by atoms with Crippen LogP contribution in [-0.4, -0.2) is 7.11 Å². The maximum absolute atomic E-state index is 12.7. The van der Waals surface area contributed by atoms with E-state index < -0.39 is 11.7 Å². The van der Waals surface area contributed by atoms with Crippen LogP contribution in [0.3, 0.4) is 0 Å². The molecule has 0 aliphatic carbocycles. The zero-order chi connectivity index (χ0) is 14.6. The summed E-state index contributed by atoms with van der Waals surface area (Å²) in [6.45, 7) is 0.429. The second-order valence-electron chi connectivity index (χ2n) is 4.25. The second-order valence-corrected chi connectivity index (χ2v) is 4.25. The van der Waals surface area contributed by atoms with E-state index >= 15 is 0 Å². The van der Waals surface area contributed by atoms with Gasteiger partial charge in [0.15, 0.2) is 0 Å². The summed E-state index contributed by atoms with van der Waals surface area (Å²) >= 11 is 0.